The Bertz CT molecular complexity index is 304. The third-order valence-electron chi connectivity index (χ3n) is 2.38. The summed E-state index contributed by atoms with van der Waals surface area (Å²) in [6.45, 7) is 0. The van der Waals surface area contributed by atoms with E-state index in [0.29, 0.717) is 0 Å². The predicted molar refractivity (Wildman–Crippen MR) is 38.2 cm³/mol. The van der Waals surface area contributed by atoms with E-state index in [9.17, 15) is 43.9 Å². The summed E-state index contributed by atoms with van der Waals surface area (Å²) in [6, 6.07) is 0. The maximum absolute atomic E-state index is 12.9. The van der Waals surface area contributed by atoms with Gasteiger partial charge in [0.05, 0.1) is 0 Å². The molecule has 0 radical (unpaired) electrons. The molecular weight excluding hydrogens is 293 g/mol. The van der Waals surface area contributed by atoms with E-state index in [4.69, 9.17) is 0 Å². The predicted octanol–water partition coefficient (Wildman–Crippen LogP) is 3.42. The van der Waals surface area contributed by atoms with Crippen LogP contribution in [0.2, 0.25) is 0 Å². The number of rotatable bonds is 0. The van der Waals surface area contributed by atoms with E-state index in [1.807, 2.05) is 0 Å². The van der Waals surface area contributed by atoms with Crippen molar-refractivity contribution < 1.29 is 43.9 Å². The Labute approximate surface area is 89.5 Å². The molecule has 102 valence electrons. The smallest absolute Gasteiger partial charge is 0.236 e. The van der Waals surface area contributed by atoms with Gasteiger partial charge in [-0.2, -0.15) is 35.1 Å². The van der Waals surface area contributed by atoms with E-state index in [1.165, 1.54) is 0 Å². The lowest BCUT2D eigenvalue weighted by atomic mass is 9.82. The molecule has 11 heteroatoms. The third-order valence-corrected chi connectivity index (χ3v) is 3.03. The van der Waals surface area contributed by atoms with Crippen LogP contribution < -0.4 is 0 Å². The van der Waals surface area contributed by atoms with Crippen LogP contribution in [0.4, 0.5) is 43.9 Å². The molecule has 0 N–H and O–H groups in total. The quantitative estimate of drug-likeness (QED) is 0.474. The van der Waals surface area contributed by atoms with Gasteiger partial charge in [0.1, 0.15) is 0 Å². The Kier molecular flexibility index (Phi) is 2.77. The Hall–Kier alpha value is -0.270. The van der Waals surface area contributed by atoms with Gasteiger partial charge in [0.15, 0.2) is 0 Å². The first-order valence-electron chi connectivity index (χ1n) is 3.79. The first-order chi connectivity index (χ1) is 7.15. The van der Waals surface area contributed by atoms with E-state index in [-0.39, 0.29) is 9.24 Å². The van der Waals surface area contributed by atoms with Gasteiger partial charge in [-0.3, -0.25) is 0 Å². The SMILES string of the molecule is FC1C(F)(F)C(F)(F)C(F)(F)C(F)(F)C1(F)P. The van der Waals surface area contributed by atoms with Crippen molar-refractivity contribution in [1.82, 2.24) is 0 Å². The summed E-state index contributed by atoms with van der Waals surface area (Å²) in [7, 11) is 0.101. The van der Waals surface area contributed by atoms with Gasteiger partial charge in [-0.1, -0.05) is 9.24 Å². The van der Waals surface area contributed by atoms with Crippen LogP contribution in [0, 0.1) is 0 Å². The molecule has 0 aromatic heterocycles. The van der Waals surface area contributed by atoms with Crippen molar-refractivity contribution in [3.05, 3.63) is 0 Å². The van der Waals surface area contributed by atoms with Crippen LogP contribution in [0.15, 0.2) is 0 Å². The summed E-state index contributed by atoms with van der Waals surface area (Å²) in [5.41, 5.74) is 0. The minimum atomic E-state index is -6.73. The van der Waals surface area contributed by atoms with Gasteiger partial charge < -0.3 is 0 Å². The van der Waals surface area contributed by atoms with Crippen LogP contribution in [-0.4, -0.2) is 35.3 Å². The lowest BCUT2D eigenvalue weighted by molar-refractivity contribution is -0.428. The molecule has 0 amide bonds. The second-order valence-corrected chi connectivity index (χ2v) is 4.32. The molecule has 0 spiro atoms. The lowest BCUT2D eigenvalue weighted by Gasteiger charge is -2.48. The summed E-state index contributed by atoms with van der Waals surface area (Å²) in [4.78, 5) is 0. The van der Waals surface area contributed by atoms with Crippen molar-refractivity contribution in [1.29, 1.82) is 0 Å². The Morgan fingerprint density at radius 3 is 1.35 bits per heavy atom. The summed E-state index contributed by atoms with van der Waals surface area (Å²) in [6.07, 6.45) is -4.80. The van der Waals surface area contributed by atoms with Crippen molar-refractivity contribution in [2.24, 2.45) is 0 Å². The zero-order chi connectivity index (χ0) is 14.1. The summed E-state index contributed by atoms with van der Waals surface area (Å²) < 4.78 is 126. The molecule has 0 aromatic rings. The molecule has 0 nitrogen and oxygen atoms in total. The van der Waals surface area contributed by atoms with Crippen LogP contribution in [-0.2, 0) is 0 Å². The molecule has 3 atom stereocenters. The van der Waals surface area contributed by atoms with Crippen molar-refractivity contribution in [2.45, 2.75) is 35.3 Å². The van der Waals surface area contributed by atoms with E-state index in [0.717, 1.165) is 0 Å². The monoisotopic (exact) mass is 296 g/mol. The summed E-state index contributed by atoms with van der Waals surface area (Å²) in [5.74, 6) is -26.0. The summed E-state index contributed by atoms with van der Waals surface area (Å²) in [5, 5.41) is -5.21. The highest BCUT2D eigenvalue weighted by Crippen LogP contribution is 2.66. The fourth-order valence-corrected chi connectivity index (χ4v) is 1.62. The van der Waals surface area contributed by atoms with Crippen LogP contribution in [0.25, 0.3) is 0 Å². The van der Waals surface area contributed by atoms with E-state index < -0.39 is 35.3 Å². The molecule has 1 aliphatic rings. The number of halogens is 10. The highest BCUT2D eigenvalue weighted by Gasteiger charge is 2.94. The van der Waals surface area contributed by atoms with E-state index in [2.05, 4.69) is 0 Å². The normalized spacial score (nSPS) is 42.2. The minimum Gasteiger partial charge on any atom is -0.236 e. The summed E-state index contributed by atoms with van der Waals surface area (Å²) >= 11 is 0. The standard InChI is InChI=1S/C6H3F10P/c7-1-2(8,9)4(11,12)6(15,16)5(13,14)3(1,10)17/h1H,17H2. The number of alkyl halides is 10. The largest absolute Gasteiger partial charge is 0.382 e. The van der Waals surface area contributed by atoms with Crippen LogP contribution in [0.3, 0.4) is 0 Å². The molecule has 17 heavy (non-hydrogen) atoms. The van der Waals surface area contributed by atoms with Gasteiger partial charge >= 0.3 is 23.7 Å². The number of hydrogen-bond acceptors (Lipinski definition) is 0. The zero-order valence-electron chi connectivity index (χ0n) is 7.43. The Balaban J connectivity index is 3.56. The third kappa shape index (κ3) is 1.30. The van der Waals surface area contributed by atoms with Crippen molar-refractivity contribution in [3.8, 4) is 0 Å². The fourth-order valence-electron chi connectivity index (χ4n) is 1.23. The molecule has 0 aromatic carbocycles. The first kappa shape index (κ1) is 14.8. The molecule has 0 bridgehead atoms. The average Bonchev–Trinajstić information content (AvgIpc) is 2.13. The Morgan fingerprint density at radius 2 is 1.00 bits per heavy atom. The molecule has 0 saturated heterocycles. The molecule has 1 aliphatic carbocycles. The van der Waals surface area contributed by atoms with Crippen molar-refractivity contribution in [3.63, 3.8) is 0 Å². The maximum atomic E-state index is 12.9. The second-order valence-electron chi connectivity index (χ2n) is 3.48. The van der Waals surface area contributed by atoms with Gasteiger partial charge in [-0.25, -0.2) is 8.78 Å². The second kappa shape index (κ2) is 3.19. The van der Waals surface area contributed by atoms with Gasteiger partial charge in [-0.15, -0.1) is 0 Å². The van der Waals surface area contributed by atoms with Gasteiger partial charge in [-0.05, 0) is 0 Å². The van der Waals surface area contributed by atoms with Crippen molar-refractivity contribution in [2.75, 3.05) is 0 Å². The van der Waals surface area contributed by atoms with Crippen molar-refractivity contribution >= 4 is 9.24 Å². The zero-order valence-corrected chi connectivity index (χ0v) is 8.59. The van der Waals surface area contributed by atoms with E-state index in [1.54, 1.807) is 0 Å². The maximum Gasteiger partial charge on any atom is 0.382 e. The van der Waals surface area contributed by atoms with Gasteiger partial charge in [0.25, 0.3) is 0 Å². The number of hydrogen-bond donors (Lipinski definition) is 0. The lowest BCUT2D eigenvalue weighted by Crippen LogP contribution is -2.78. The van der Waals surface area contributed by atoms with E-state index >= 15 is 0 Å². The molecule has 0 heterocycles. The molecular formula is C6H3F10P. The molecule has 1 saturated carbocycles. The molecule has 1 rings (SSSR count). The highest BCUT2D eigenvalue weighted by molar-refractivity contribution is 7.19. The van der Waals surface area contributed by atoms with Gasteiger partial charge in [0, 0.05) is 0 Å². The van der Waals surface area contributed by atoms with Crippen LogP contribution in [0.5, 0.6) is 0 Å². The highest BCUT2D eigenvalue weighted by atomic mass is 31.0. The molecule has 3 unspecified atom stereocenters. The topological polar surface area (TPSA) is 0 Å². The van der Waals surface area contributed by atoms with Crippen LogP contribution >= 0.6 is 9.24 Å². The first-order valence-corrected chi connectivity index (χ1v) is 4.36. The van der Waals surface area contributed by atoms with Crippen LogP contribution in [0.1, 0.15) is 0 Å². The minimum absolute atomic E-state index is 0.101. The molecule has 0 aliphatic heterocycles. The Morgan fingerprint density at radius 1 is 0.647 bits per heavy atom. The average molecular weight is 296 g/mol. The van der Waals surface area contributed by atoms with Gasteiger partial charge in [0.2, 0.25) is 11.6 Å². The fraction of sp³-hybridized carbons (Fsp3) is 1.00. The molecule has 1 fully saturated rings.